The van der Waals surface area contributed by atoms with Crippen molar-refractivity contribution in [3.8, 4) is 22.7 Å². The largest absolute Gasteiger partial charge is 0.488 e. The number of nitrogens with zero attached hydrogens (tertiary/aromatic N) is 2. The average molecular weight is 514 g/mol. The van der Waals surface area contributed by atoms with Crippen molar-refractivity contribution in [3.05, 3.63) is 119 Å². The van der Waals surface area contributed by atoms with E-state index in [-0.39, 0.29) is 5.91 Å². The van der Waals surface area contributed by atoms with Gasteiger partial charge in [0.25, 0.3) is 5.91 Å². The Kier molecular flexibility index (Phi) is 7.40. The number of carbonyl (C=O) groups excluding carboxylic acids is 1. The van der Waals surface area contributed by atoms with Crippen LogP contribution in [-0.2, 0) is 0 Å². The van der Waals surface area contributed by atoms with Crippen LogP contribution in [0.5, 0.6) is 5.75 Å². The number of rotatable bonds is 8. The minimum Gasteiger partial charge on any atom is -0.488 e. The van der Waals surface area contributed by atoms with Crippen molar-refractivity contribution in [2.45, 2.75) is 6.92 Å². The highest BCUT2D eigenvalue weighted by atomic mass is 79.9. The molecule has 3 aromatic carbocycles. The molecule has 6 heteroatoms. The second-order valence-electron chi connectivity index (χ2n) is 7.60. The molecule has 0 saturated heterocycles. The Labute approximate surface area is 207 Å². The average Bonchev–Trinajstić information content (AvgIpc) is 3.25. The Morgan fingerprint density at radius 1 is 1.06 bits per heavy atom. The van der Waals surface area contributed by atoms with Crippen LogP contribution in [0.4, 0.5) is 0 Å². The van der Waals surface area contributed by atoms with Crippen LogP contribution >= 0.6 is 15.9 Å². The number of nitrogens with one attached hydrogen (secondary N) is 1. The molecule has 0 fully saturated rings. The highest BCUT2D eigenvalue weighted by molar-refractivity contribution is 9.10. The zero-order valence-corrected chi connectivity index (χ0v) is 20.3. The van der Waals surface area contributed by atoms with E-state index in [9.17, 15) is 4.79 Å². The van der Waals surface area contributed by atoms with E-state index in [1.807, 2.05) is 48.5 Å². The molecule has 1 amide bonds. The number of aromatic nitrogens is 1. The Hall–Kier alpha value is -3.90. The predicted octanol–water partition coefficient (Wildman–Crippen LogP) is 6.54. The molecule has 0 aliphatic heterocycles. The number of ether oxygens (including phenoxy) is 1. The maximum atomic E-state index is 12.6. The van der Waals surface area contributed by atoms with Gasteiger partial charge in [-0.05, 0) is 88.6 Å². The van der Waals surface area contributed by atoms with E-state index in [0.29, 0.717) is 12.2 Å². The van der Waals surface area contributed by atoms with E-state index < -0.39 is 0 Å². The van der Waals surface area contributed by atoms with Crippen molar-refractivity contribution in [1.82, 2.24) is 9.99 Å². The van der Waals surface area contributed by atoms with E-state index in [1.54, 1.807) is 24.4 Å². The molecule has 5 nitrogen and oxygen atoms in total. The molecular formula is C28H24BrN3O2. The number of hydrogen-bond acceptors (Lipinski definition) is 3. The van der Waals surface area contributed by atoms with Crippen LogP contribution in [0.3, 0.4) is 0 Å². The maximum Gasteiger partial charge on any atom is 0.271 e. The SMILES string of the molecule is C=CCOc1ccc(/C=N/NC(=O)c2ccc(-n3c(C)ccc3-c3ccccc3)cc2)cc1Br. The number of halogens is 1. The lowest BCUT2D eigenvalue weighted by Crippen LogP contribution is -2.17. The van der Waals surface area contributed by atoms with Crippen molar-refractivity contribution >= 4 is 28.1 Å². The van der Waals surface area contributed by atoms with Crippen molar-refractivity contribution in [2.24, 2.45) is 5.10 Å². The summed E-state index contributed by atoms with van der Waals surface area (Å²) in [5, 5.41) is 4.08. The van der Waals surface area contributed by atoms with Crippen molar-refractivity contribution in [3.63, 3.8) is 0 Å². The number of hydrazone groups is 1. The molecule has 1 heterocycles. The number of carbonyl (C=O) groups is 1. The summed E-state index contributed by atoms with van der Waals surface area (Å²) < 4.78 is 8.51. The minimum atomic E-state index is -0.277. The topological polar surface area (TPSA) is 55.6 Å². The summed E-state index contributed by atoms with van der Waals surface area (Å²) in [6, 6.07) is 27.5. The van der Waals surface area contributed by atoms with Gasteiger partial charge in [0, 0.05) is 16.9 Å². The lowest BCUT2D eigenvalue weighted by Gasteiger charge is -2.12. The number of hydrogen-bond donors (Lipinski definition) is 1. The van der Waals surface area contributed by atoms with Gasteiger partial charge in [-0.1, -0.05) is 43.0 Å². The molecule has 4 rings (SSSR count). The van der Waals surface area contributed by atoms with Gasteiger partial charge in [0.1, 0.15) is 12.4 Å². The highest BCUT2D eigenvalue weighted by Crippen LogP contribution is 2.27. The second-order valence-corrected chi connectivity index (χ2v) is 8.45. The Morgan fingerprint density at radius 2 is 1.82 bits per heavy atom. The Balaban J connectivity index is 1.44. The van der Waals surface area contributed by atoms with Crippen LogP contribution in [0, 0.1) is 6.92 Å². The normalized spacial score (nSPS) is 10.9. The fourth-order valence-corrected chi connectivity index (χ4v) is 4.08. The standard InChI is InChI=1S/C28H24BrN3O2/c1-3-17-34-27-16-10-21(18-25(27)29)19-30-31-28(33)23-11-13-24(14-12-23)32-20(2)9-15-26(32)22-7-5-4-6-8-22/h3-16,18-19H,1,17H2,2H3,(H,31,33)/b30-19+. The molecule has 0 saturated carbocycles. The molecule has 0 aliphatic rings. The minimum absolute atomic E-state index is 0.277. The molecule has 0 bridgehead atoms. The third kappa shape index (κ3) is 5.35. The van der Waals surface area contributed by atoms with Gasteiger partial charge in [0.05, 0.1) is 16.4 Å². The first-order valence-corrected chi connectivity index (χ1v) is 11.6. The summed E-state index contributed by atoms with van der Waals surface area (Å²) in [5.41, 5.74) is 8.29. The summed E-state index contributed by atoms with van der Waals surface area (Å²) in [4.78, 5) is 12.6. The first kappa shape index (κ1) is 23.3. The van der Waals surface area contributed by atoms with Gasteiger partial charge in [-0.25, -0.2) is 5.43 Å². The number of amides is 1. The molecular weight excluding hydrogens is 490 g/mol. The van der Waals surface area contributed by atoms with Crippen LogP contribution in [-0.4, -0.2) is 23.3 Å². The van der Waals surface area contributed by atoms with E-state index >= 15 is 0 Å². The molecule has 0 unspecified atom stereocenters. The van der Waals surface area contributed by atoms with Crippen molar-refractivity contribution in [1.29, 1.82) is 0 Å². The molecule has 1 N–H and O–H groups in total. The third-order valence-corrected chi connectivity index (χ3v) is 5.85. The van der Waals surface area contributed by atoms with Gasteiger partial charge in [0.2, 0.25) is 0 Å². The van der Waals surface area contributed by atoms with Crippen LogP contribution in [0.1, 0.15) is 21.6 Å². The van der Waals surface area contributed by atoms with Crippen LogP contribution in [0.15, 0.2) is 107 Å². The van der Waals surface area contributed by atoms with Gasteiger partial charge in [-0.15, -0.1) is 0 Å². The van der Waals surface area contributed by atoms with Gasteiger partial charge in [-0.2, -0.15) is 5.10 Å². The van der Waals surface area contributed by atoms with Crippen LogP contribution < -0.4 is 10.2 Å². The van der Waals surface area contributed by atoms with Gasteiger partial charge >= 0.3 is 0 Å². The first-order valence-electron chi connectivity index (χ1n) is 10.8. The molecule has 0 aliphatic carbocycles. The summed E-state index contributed by atoms with van der Waals surface area (Å²) in [7, 11) is 0. The summed E-state index contributed by atoms with van der Waals surface area (Å²) in [6.07, 6.45) is 3.27. The number of benzene rings is 3. The second kappa shape index (κ2) is 10.8. The monoisotopic (exact) mass is 513 g/mol. The van der Waals surface area contributed by atoms with E-state index in [1.165, 1.54) is 0 Å². The zero-order valence-electron chi connectivity index (χ0n) is 18.7. The van der Waals surface area contributed by atoms with E-state index in [2.05, 4.69) is 68.8 Å². The molecule has 4 aromatic rings. The number of aryl methyl sites for hydroxylation is 1. The lowest BCUT2D eigenvalue weighted by atomic mass is 10.1. The predicted molar refractivity (Wildman–Crippen MR) is 141 cm³/mol. The van der Waals surface area contributed by atoms with Crippen molar-refractivity contribution < 1.29 is 9.53 Å². The van der Waals surface area contributed by atoms with Crippen LogP contribution in [0.2, 0.25) is 0 Å². The molecule has 0 radical (unpaired) electrons. The fourth-order valence-electron chi connectivity index (χ4n) is 3.57. The third-order valence-electron chi connectivity index (χ3n) is 5.23. The quantitative estimate of drug-likeness (QED) is 0.165. The van der Waals surface area contributed by atoms with Gasteiger partial charge in [-0.3, -0.25) is 4.79 Å². The summed E-state index contributed by atoms with van der Waals surface area (Å²) in [6.45, 7) is 6.14. The van der Waals surface area contributed by atoms with Gasteiger partial charge in [0.15, 0.2) is 0 Å². The van der Waals surface area contributed by atoms with E-state index in [0.717, 1.165) is 38.4 Å². The Morgan fingerprint density at radius 3 is 2.53 bits per heavy atom. The molecule has 1 aromatic heterocycles. The van der Waals surface area contributed by atoms with E-state index in [4.69, 9.17) is 4.74 Å². The smallest absolute Gasteiger partial charge is 0.271 e. The fraction of sp³-hybridized carbons (Fsp3) is 0.0714. The first-order chi connectivity index (χ1) is 16.6. The molecule has 34 heavy (non-hydrogen) atoms. The zero-order chi connectivity index (χ0) is 23.9. The lowest BCUT2D eigenvalue weighted by molar-refractivity contribution is 0.0955. The van der Waals surface area contributed by atoms with Gasteiger partial charge < -0.3 is 9.30 Å². The maximum absolute atomic E-state index is 12.6. The Bertz CT molecular complexity index is 1330. The molecule has 0 atom stereocenters. The summed E-state index contributed by atoms with van der Waals surface area (Å²) in [5.74, 6) is 0.440. The molecule has 170 valence electrons. The highest BCUT2D eigenvalue weighted by Gasteiger charge is 2.11. The van der Waals surface area contributed by atoms with Crippen molar-refractivity contribution in [2.75, 3.05) is 6.61 Å². The molecule has 0 spiro atoms. The van der Waals surface area contributed by atoms with Crippen LogP contribution in [0.25, 0.3) is 16.9 Å². The summed E-state index contributed by atoms with van der Waals surface area (Å²) >= 11 is 3.47.